The van der Waals surface area contributed by atoms with Crippen molar-refractivity contribution in [2.24, 2.45) is 35.5 Å². The molecule has 1 saturated carbocycles. The molecule has 0 amide bonds. The van der Waals surface area contributed by atoms with Crippen molar-refractivity contribution < 1.29 is 42.9 Å². The summed E-state index contributed by atoms with van der Waals surface area (Å²) in [6, 6.07) is 0. The second-order valence-electron chi connectivity index (χ2n) is 7.68. The van der Waals surface area contributed by atoms with Crippen LogP contribution >= 0.6 is 0 Å². The van der Waals surface area contributed by atoms with Crippen LogP contribution < -0.4 is 0 Å². The molecule has 0 N–H and O–H groups in total. The average molecular weight is 450 g/mol. The fraction of sp³-hybridized carbons (Fsp3) is 0.565. The number of fused-ring (bicyclic) bond motifs is 2. The summed E-state index contributed by atoms with van der Waals surface area (Å²) in [5.41, 5.74) is 0. The largest absolute Gasteiger partial charge is 0.469 e. The summed E-state index contributed by atoms with van der Waals surface area (Å²) in [7, 11) is 5.23. The van der Waals surface area contributed by atoms with E-state index in [0.29, 0.717) is 0 Å². The Kier molecular flexibility index (Phi) is 8.77. The fourth-order valence-electron chi connectivity index (χ4n) is 4.73. The molecule has 3 aliphatic rings. The number of hydrogen-bond donors (Lipinski definition) is 0. The van der Waals surface area contributed by atoms with Gasteiger partial charge in [-0.3, -0.25) is 19.2 Å². The lowest BCUT2D eigenvalue weighted by molar-refractivity contribution is -0.158. The highest BCUT2D eigenvalue weighted by Gasteiger charge is 2.53. The molecule has 0 aromatic rings. The van der Waals surface area contributed by atoms with Crippen molar-refractivity contribution in [3.8, 4) is 0 Å². The lowest BCUT2D eigenvalue weighted by Crippen LogP contribution is -2.35. The van der Waals surface area contributed by atoms with E-state index in [1.807, 2.05) is 12.2 Å². The van der Waals surface area contributed by atoms with Gasteiger partial charge in [0, 0.05) is 0 Å². The summed E-state index contributed by atoms with van der Waals surface area (Å²) in [6.45, 7) is 7.16. The minimum atomic E-state index is -0.743. The normalized spacial score (nSPS) is 34.0. The molecule has 0 radical (unpaired) electrons. The minimum Gasteiger partial charge on any atom is -0.469 e. The molecule has 1 heterocycles. The Morgan fingerprint density at radius 2 is 1.00 bits per heavy atom. The van der Waals surface area contributed by atoms with Gasteiger partial charge in [0.2, 0.25) is 0 Å². The molecule has 1 saturated heterocycles. The lowest BCUT2D eigenvalue weighted by Gasteiger charge is -2.23. The van der Waals surface area contributed by atoms with Crippen LogP contribution in [0.4, 0.5) is 0 Å². The van der Waals surface area contributed by atoms with Crippen molar-refractivity contribution in [1.29, 1.82) is 0 Å². The van der Waals surface area contributed by atoms with E-state index in [4.69, 9.17) is 14.2 Å². The number of esters is 4. The van der Waals surface area contributed by atoms with Crippen LogP contribution in [0.5, 0.6) is 0 Å². The predicted molar refractivity (Wildman–Crippen MR) is 112 cm³/mol. The van der Waals surface area contributed by atoms with E-state index in [2.05, 4.69) is 22.6 Å². The number of methoxy groups -OCH3 is 4. The Labute approximate surface area is 187 Å². The third kappa shape index (κ3) is 4.77. The molecule has 8 atom stereocenters. The van der Waals surface area contributed by atoms with Crippen LogP contribution in [-0.4, -0.2) is 64.5 Å². The summed E-state index contributed by atoms with van der Waals surface area (Å²) < 4.78 is 24.3. The van der Waals surface area contributed by atoms with Gasteiger partial charge in [-0.2, -0.15) is 0 Å². The van der Waals surface area contributed by atoms with Crippen molar-refractivity contribution in [3.05, 3.63) is 37.5 Å². The molecule has 176 valence electrons. The fourth-order valence-corrected chi connectivity index (χ4v) is 4.73. The quantitative estimate of drug-likeness (QED) is 0.337. The number of hydrogen-bond acceptors (Lipinski definition) is 9. The summed E-state index contributed by atoms with van der Waals surface area (Å²) >= 11 is 0. The number of carbonyl (C=O) groups is 4. The summed E-state index contributed by atoms with van der Waals surface area (Å²) in [5.74, 6) is -3.54. The zero-order valence-electron chi connectivity index (χ0n) is 18.7. The van der Waals surface area contributed by atoms with Crippen molar-refractivity contribution in [3.63, 3.8) is 0 Å². The van der Waals surface area contributed by atoms with Crippen LogP contribution in [0.1, 0.15) is 6.42 Å². The zero-order chi connectivity index (χ0) is 24.0. The van der Waals surface area contributed by atoms with Crippen molar-refractivity contribution >= 4 is 23.9 Å². The summed E-state index contributed by atoms with van der Waals surface area (Å²) in [4.78, 5) is 46.5. The minimum absolute atomic E-state index is 0.145. The first kappa shape index (κ1) is 25.3. The van der Waals surface area contributed by atoms with Gasteiger partial charge in [-0.25, -0.2) is 0 Å². The molecule has 9 nitrogen and oxygen atoms in total. The Hall–Kier alpha value is -2.94. The van der Waals surface area contributed by atoms with Gasteiger partial charge >= 0.3 is 23.9 Å². The topological polar surface area (TPSA) is 114 Å². The van der Waals surface area contributed by atoms with E-state index in [1.165, 1.54) is 40.6 Å². The molecule has 2 aliphatic carbocycles. The molecule has 32 heavy (non-hydrogen) atoms. The highest BCUT2D eigenvalue weighted by atomic mass is 16.6. The molecule has 8 unspecified atom stereocenters. The monoisotopic (exact) mass is 450 g/mol. The number of rotatable bonds is 6. The van der Waals surface area contributed by atoms with E-state index in [-0.39, 0.29) is 35.6 Å². The van der Waals surface area contributed by atoms with Gasteiger partial charge in [0.25, 0.3) is 0 Å². The lowest BCUT2D eigenvalue weighted by atomic mass is 9.83. The molecule has 0 aromatic carbocycles. The van der Waals surface area contributed by atoms with Gasteiger partial charge < -0.3 is 23.7 Å². The van der Waals surface area contributed by atoms with Crippen LogP contribution in [0.3, 0.4) is 0 Å². The highest BCUT2D eigenvalue weighted by molar-refractivity contribution is 5.85. The zero-order valence-corrected chi connectivity index (χ0v) is 18.7. The maximum absolute atomic E-state index is 11.7. The molecule has 2 bridgehead atoms. The van der Waals surface area contributed by atoms with Crippen LogP contribution in [0.15, 0.2) is 37.5 Å². The summed E-state index contributed by atoms with van der Waals surface area (Å²) in [6.07, 6.45) is 6.67. The van der Waals surface area contributed by atoms with E-state index in [1.54, 1.807) is 0 Å². The van der Waals surface area contributed by atoms with Crippen molar-refractivity contribution in [1.82, 2.24) is 0 Å². The first-order valence-corrected chi connectivity index (χ1v) is 10.2. The third-order valence-corrected chi connectivity index (χ3v) is 6.23. The number of carbonyl (C=O) groups excluding carboxylic acids is 4. The van der Waals surface area contributed by atoms with Crippen LogP contribution in [0.2, 0.25) is 0 Å². The average Bonchev–Trinajstić information content (AvgIpc) is 3.54. The number of allylic oxidation sites excluding steroid dienone is 2. The maximum Gasteiger partial charge on any atom is 0.312 e. The molecule has 0 spiro atoms. The first-order chi connectivity index (χ1) is 15.3. The van der Waals surface area contributed by atoms with Crippen molar-refractivity contribution in [2.75, 3.05) is 28.4 Å². The Morgan fingerprint density at radius 3 is 1.28 bits per heavy atom. The van der Waals surface area contributed by atoms with Crippen LogP contribution in [-0.2, 0) is 42.9 Å². The predicted octanol–water partition coefficient (Wildman–Crippen LogP) is 1.47. The highest BCUT2D eigenvalue weighted by Crippen LogP contribution is 2.48. The molecular weight excluding hydrogens is 420 g/mol. The molecule has 0 aromatic heterocycles. The van der Waals surface area contributed by atoms with Crippen LogP contribution in [0.25, 0.3) is 0 Å². The second kappa shape index (κ2) is 11.1. The smallest absolute Gasteiger partial charge is 0.312 e. The first-order valence-electron chi connectivity index (χ1n) is 10.2. The Morgan fingerprint density at radius 1 is 0.688 bits per heavy atom. The molecule has 9 heteroatoms. The molecule has 2 fully saturated rings. The SMILES string of the molecule is C=CC1OC(C=C)C(C(=O)OC)C1C(=O)OC.COC(=O)C1C2C=CC(C2)C1C(=O)OC. The van der Waals surface area contributed by atoms with Crippen molar-refractivity contribution in [2.45, 2.75) is 18.6 Å². The van der Waals surface area contributed by atoms with E-state index in [9.17, 15) is 19.2 Å². The second-order valence-corrected chi connectivity index (χ2v) is 7.68. The van der Waals surface area contributed by atoms with E-state index < -0.39 is 36.0 Å². The van der Waals surface area contributed by atoms with Gasteiger partial charge in [-0.05, 0) is 18.3 Å². The molecular formula is C23H30O9. The van der Waals surface area contributed by atoms with Gasteiger partial charge in [-0.1, -0.05) is 24.3 Å². The maximum atomic E-state index is 11.7. The van der Waals surface area contributed by atoms with Gasteiger partial charge in [0.1, 0.15) is 11.8 Å². The van der Waals surface area contributed by atoms with E-state index >= 15 is 0 Å². The van der Waals surface area contributed by atoms with Gasteiger partial charge in [0.15, 0.2) is 0 Å². The number of ether oxygens (including phenoxy) is 5. The Bertz CT molecular complexity index is 724. The third-order valence-electron chi connectivity index (χ3n) is 6.23. The van der Waals surface area contributed by atoms with E-state index in [0.717, 1.165) is 6.42 Å². The summed E-state index contributed by atoms with van der Waals surface area (Å²) in [5, 5.41) is 0. The molecule has 1 aliphatic heterocycles. The van der Waals surface area contributed by atoms with Gasteiger partial charge in [-0.15, -0.1) is 13.2 Å². The Balaban J connectivity index is 0.000000228. The molecule has 3 rings (SSSR count). The van der Waals surface area contributed by atoms with Gasteiger partial charge in [0.05, 0.1) is 52.5 Å². The standard InChI is InChI=1S/C12H16O5.C11H14O4/c1-5-7-9(11(13)15-3)10(12(14)16-4)8(6-2)17-7;1-14-10(12)8-6-3-4-7(5-6)9(8)11(13)15-2/h5-10H,1-2H2,3-4H3;3-4,6-9H,5H2,1-2H3. The van der Waals surface area contributed by atoms with Crippen LogP contribution in [0, 0.1) is 35.5 Å².